The van der Waals surface area contributed by atoms with Gasteiger partial charge in [0.15, 0.2) is 0 Å². The summed E-state index contributed by atoms with van der Waals surface area (Å²) < 4.78 is 19.0. The first-order chi connectivity index (χ1) is 9.22. The largest absolute Gasteiger partial charge is 0.376 e. The fourth-order valence-electron chi connectivity index (χ4n) is 2.52. The number of halogens is 1. The molecule has 0 aliphatic carbocycles. The van der Waals surface area contributed by atoms with Crippen LogP contribution in [0.25, 0.3) is 0 Å². The number of aryl methyl sites for hydroxylation is 1. The average Bonchev–Trinajstić information content (AvgIpc) is 2.38. The zero-order chi connectivity index (χ0) is 13.2. The lowest BCUT2D eigenvalue weighted by atomic mass is 9.99. The smallest absolute Gasteiger partial charge is 0.125 e. The van der Waals surface area contributed by atoms with Crippen molar-refractivity contribution in [2.75, 3.05) is 11.9 Å². The minimum absolute atomic E-state index is 0.0751. The molecule has 19 heavy (non-hydrogen) atoms. The Morgan fingerprint density at radius 1 is 1.21 bits per heavy atom. The summed E-state index contributed by atoms with van der Waals surface area (Å²) in [6.45, 7) is 3.14. The summed E-state index contributed by atoms with van der Waals surface area (Å²) >= 11 is 0. The second kappa shape index (κ2) is 5.02. The van der Waals surface area contributed by atoms with Crippen LogP contribution in [0.2, 0.25) is 0 Å². The van der Waals surface area contributed by atoms with Crippen LogP contribution in [-0.4, -0.2) is 6.61 Å². The van der Waals surface area contributed by atoms with Gasteiger partial charge in [0.2, 0.25) is 0 Å². The van der Waals surface area contributed by atoms with Crippen molar-refractivity contribution in [1.82, 2.24) is 0 Å². The van der Waals surface area contributed by atoms with Crippen LogP contribution in [0.4, 0.5) is 10.1 Å². The molecule has 1 atom stereocenters. The lowest BCUT2D eigenvalue weighted by molar-refractivity contribution is 0.0970. The highest BCUT2D eigenvalue weighted by molar-refractivity contribution is 5.49. The van der Waals surface area contributed by atoms with E-state index in [2.05, 4.69) is 17.4 Å². The van der Waals surface area contributed by atoms with E-state index in [0.717, 1.165) is 11.3 Å². The maximum Gasteiger partial charge on any atom is 0.125 e. The first-order valence-corrected chi connectivity index (χ1v) is 6.41. The molecule has 0 bridgehead atoms. The molecule has 2 aromatic rings. The van der Waals surface area contributed by atoms with Gasteiger partial charge in [-0.25, -0.2) is 4.39 Å². The molecular formula is C16H16FNO. The Bertz CT molecular complexity index is 577. The summed E-state index contributed by atoms with van der Waals surface area (Å²) in [7, 11) is 0. The van der Waals surface area contributed by atoms with Gasteiger partial charge >= 0.3 is 0 Å². The van der Waals surface area contributed by atoms with E-state index in [1.807, 2.05) is 25.1 Å². The van der Waals surface area contributed by atoms with E-state index in [0.29, 0.717) is 13.2 Å². The SMILES string of the molecule is Cc1cc(F)cc(NC2COCc3ccccc32)c1. The second-order valence-corrected chi connectivity index (χ2v) is 4.93. The molecule has 1 N–H and O–H groups in total. The molecule has 0 fully saturated rings. The Balaban J connectivity index is 1.88. The minimum Gasteiger partial charge on any atom is -0.376 e. The molecule has 98 valence electrons. The van der Waals surface area contributed by atoms with Crippen molar-refractivity contribution in [3.8, 4) is 0 Å². The van der Waals surface area contributed by atoms with E-state index < -0.39 is 0 Å². The summed E-state index contributed by atoms with van der Waals surface area (Å²) in [4.78, 5) is 0. The summed E-state index contributed by atoms with van der Waals surface area (Å²) in [5, 5.41) is 3.35. The van der Waals surface area contributed by atoms with Gasteiger partial charge in [-0.05, 0) is 41.8 Å². The van der Waals surface area contributed by atoms with Crippen LogP contribution in [0.15, 0.2) is 42.5 Å². The van der Waals surface area contributed by atoms with E-state index in [1.54, 1.807) is 0 Å². The van der Waals surface area contributed by atoms with E-state index in [9.17, 15) is 4.39 Å². The molecule has 1 aliphatic rings. The van der Waals surface area contributed by atoms with E-state index >= 15 is 0 Å². The molecule has 1 unspecified atom stereocenters. The number of hydrogen-bond donors (Lipinski definition) is 1. The molecule has 1 aliphatic heterocycles. The molecule has 2 aromatic carbocycles. The van der Waals surface area contributed by atoms with Gasteiger partial charge in [0.1, 0.15) is 5.82 Å². The van der Waals surface area contributed by atoms with Crippen LogP contribution in [0.3, 0.4) is 0 Å². The third-order valence-corrected chi connectivity index (χ3v) is 3.36. The van der Waals surface area contributed by atoms with Crippen LogP contribution in [-0.2, 0) is 11.3 Å². The van der Waals surface area contributed by atoms with Crippen LogP contribution in [0.5, 0.6) is 0 Å². The molecule has 0 amide bonds. The standard InChI is InChI=1S/C16H16FNO/c1-11-6-13(17)8-14(7-11)18-16-10-19-9-12-4-2-3-5-15(12)16/h2-8,16,18H,9-10H2,1H3. The van der Waals surface area contributed by atoms with Crippen molar-refractivity contribution < 1.29 is 9.13 Å². The number of nitrogens with one attached hydrogen (secondary N) is 1. The maximum absolute atomic E-state index is 13.4. The number of benzene rings is 2. The molecule has 0 spiro atoms. The Morgan fingerprint density at radius 3 is 2.89 bits per heavy atom. The molecular weight excluding hydrogens is 241 g/mol. The van der Waals surface area contributed by atoms with Crippen molar-refractivity contribution in [1.29, 1.82) is 0 Å². The van der Waals surface area contributed by atoms with Crippen molar-refractivity contribution >= 4 is 5.69 Å². The van der Waals surface area contributed by atoms with Gasteiger partial charge in [0.25, 0.3) is 0 Å². The highest BCUT2D eigenvalue weighted by Crippen LogP contribution is 2.28. The summed E-state index contributed by atoms with van der Waals surface area (Å²) in [5.74, 6) is -0.215. The highest BCUT2D eigenvalue weighted by Gasteiger charge is 2.20. The zero-order valence-corrected chi connectivity index (χ0v) is 10.8. The van der Waals surface area contributed by atoms with Crippen LogP contribution >= 0.6 is 0 Å². The lowest BCUT2D eigenvalue weighted by Gasteiger charge is -2.27. The third-order valence-electron chi connectivity index (χ3n) is 3.36. The normalized spacial score (nSPS) is 17.9. The Kier molecular flexibility index (Phi) is 3.22. The van der Waals surface area contributed by atoms with Gasteiger partial charge < -0.3 is 10.1 Å². The van der Waals surface area contributed by atoms with Crippen LogP contribution in [0.1, 0.15) is 22.7 Å². The first kappa shape index (κ1) is 12.2. The maximum atomic E-state index is 13.4. The average molecular weight is 257 g/mol. The molecule has 0 saturated carbocycles. The van der Waals surface area contributed by atoms with Crippen molar-refractivity contribution in [3.63, 3.8) is 0 Å². The quantitative estimate of drug-likeness (QED) is 0.883. The number of rotatable bonds is 2. The Labute approximate surface area is 112 Å². The molecule has 1 heterocycles. The van der Waals surface area contributed by atoms with Crippen molar-refractivity contribution in [2.45, 2.75) is 19.6 Å². The molecule has 3 heteroatoms. The fourth-order valence-corrected chi connectivity index (χ4v) is 2.52. The van der Waals surface area contributed by atoms with Gasteiger partial charge in [0, 0.05) is 5.69 Å². The van der Waals surface area contributed by atoms with E-state index in [4.69, 9.17) is 4.74 Å². The molecule has 2 nitrogen and oxygen atoms in total. The summed E-state index contributed by atoms with van der Waals surface area (Å²) in [6, 6.07) is 13.3. The second-order valence-electron chi connectivity index (χ2n) is 4.93. The predicted molar refractivity (Wildman–Crippen MR) is 73.6 cm³/mol. The highest BCUT2D eigenvalue weighted by atomic mass is 19.1. The van der Waals surface area contributed by atoms with Crippen LogP contribution < -0.4 is 5.32 Å². The van der Waals surface area contributed by atoms with Gasteiger partial charge in [0.05, 0.1) is 19.3 Å². The van der Waals surface area contributed by atoms with Crippen LogP contribution in [0, 0.1) is 12.7 Å². The molecule has 0 aromatic heterocycles. The Hall–Kier alpha value is -1.87. The van der Waals surface area contributed by atoms with Gasteiger partial charge in [-0.15, -0.1) is 0 Å². The minimum atomic E-state index is -0.215. The Morgan fingerprint density at radius 2 is 2.05 bits per heavy atom. The third kappa shape index (κ3) is 2.61. The zero-order valence-electron chi connectivity index (χ0n) is 10.8. The summed E-state index contributed by atoms with van der Waals surface area (Å²) in [5.41, 5.74) is 4.13. The van der Waals surface area contributed by atoms with E-state index in [-0.39, 0.29) is 11.9 Å². The van der Waals surface area contributed by atoms with Gasteiger partial charge in [-0.2, -0.15) is 0 Å². The van der Waals surface area contributed by atoms with Crippen molar-refractivity contribution in [3.05, 3.63) is 65.0 Å². The summed E-state index contributed by atoms with van der Waals surface area (Å²) in [6.07, 6.45) is 0. The number of fused-ring (bicyclic) bond motifs is 1. The monoisotopic (exact) mass is 257 g/mol. The van der Waals surface area contributed by atoms with E-state index in [1.165, 1.54) is 23.3 Å². The number of anilines is 1. The number of ether oxygens (including phenoxy) is 1. The predicted octanol–water partition coefficient (Wildman–Crippen LogP) is 3.82. The molecule has 3 rings (SSSR count). The molecule has 0 saturated heterocycles. The number of hydrogen-bond acceptors (Lipinski definition) is 2. The fraction of sp³-hybridized carbons (Fsp3) is 0.250. The van der Waals surface area contributed by atoms with Crippen molar-refractivity contribution in [2.24, 2.45) is 0 Å². The van der Waals surface area contributed by atoms with Gasteiger partial charge in [-0.3, -0.25) is 0 Å². The first-order valence-electron chi connectivity index (χ1n) is 6.41. The lowest BCUT2D eigenvalue weighted by Crippen LogP contribution is -2.23. The molecule has 0 radical (unpaired) electrons. The van der Waals surface area contributed by atoms with Gasteiger partial charge in [-0.1, -0.05) is 24.3 Å². The topological polar surface area (TPSA) is 21.3 Å².